The molecule has 2 amide bonds. The van der Waals surface area contributed by atoms with Crippen LogP contribution in [0.2, 0.25) is 0 Å². The number of unbranched alkanes of at least 4 members (excludes halogenated alkanes) is 1. The normalized spacial score (nSPS) is 12.0. The second-order valence-electron chi connectivity index (χ2n) is 10.1. The maximum absolute atomic E-state index is 14.2. The molecule has 7 nitrogen and oxygen atoms in total. The van der Waals surface area contributed by atoms with Gasteiger partial charge in [0, 0.05) is 13.1 Å². The van der Waals surface area contributed by atoms with Crippen molar-refractivity contribution in [2.75, 3.05) is 17.4 Å². The third kappa shape index (κ3) is 7.50. The number of amides is 2. The van der Waals surface area contributed by atoms with E-state index in [1.54, 1.807) is 36.4 Å². The lowest BCUT2D eigenvalue weighted by molar-refractivity contribution is -0.140. The van der Waals surface area contributed by atoms with Crippen LogP contribution in [0.25, 0.3) is 0 Å². The van der Waals surface area contributed by atoms with Crippen molar-refractivity contribution >= 4 is 27.5 Å². The van der Waals surface area contributed by atoms with Crippen molar-refractivity contribution in [2.24, 2.45) is 0 Å². The predicted molar refractivity (Wildman–Crippen MR) is 161 cm³/mol. The minimum atomic E-state index is -4.09. The Kier molecular flexibility index (Phi) is 10.9. The van der Waals surface area contributed by atoms with Gasteiger partial charge in [0.25, 0.3) is 10.0 Å². The maximum Gasteiger partial charge on any atom is 0.264 e. The highest BCUT2D eigenvalue weighted by Gasteiger charge is 2.34. The molecule has 0 aliphatic heterocycles. The Morgan fingerprint density at radius 1 is 0.850 bits per heavy atom. The van der Waals surface area contributed by atoms with Crippen LogP contribution in [0.1, 0.15) is 55.4 Å². The van der Waals surface area contributed by atoms with E-state index in [2.05, 4.69) is 5.32 Å². The van der Waals surface area contributed by atoms with Gasteiger partial charge in [0.15, 0.2) is 0 Å². The molecule has 0 aliphatic carbocycles. The summed E-state index contributed by atoms with van der Waals surface area (Å²) in [6.45, 7) is 9.86. The van der Waals surface area contributed by atoms with Gasteiger partial charge >= 0.3 is 0 Å². The van der Waals surface area contributed by atoms with Crippen LogP contribution in [-0.4, -0.2) is 44.3 Å². The molecule has 8 heteroatoms. The summed E-state index contributed by atoms with van der Waals surface area (Å²) in [5.41, 5.74) is 3.97. The average molecular weight is 564 g/mol. The first kappa shape index (κ1) is 30.9. The molecule has 0 aliphatic rings. The number of para-hydroxylation sites is 1. The van der Waals surface area contributed by atoms with Gasteiger partial charge in [-0.2, -0.15) is 0 Å². The van der Waals surface area contributed by atoms with Crippen LogP contribution in [0.5, 0.6) is 0 Å². The molecule has 1 N–H and O–H groups in total. The van der Waals surface area contributed by atoms with E-state index in [-0.39, 0.29) is 17.3 Å². The van der Waals surface area contributed by atoms with Gasteiger partial charge in [0.1, 0.15) is 12.6 Å². The highest BCUT2D eigenvalue weighted by Crippen LogP contribution is 2.28. The Morgan fingerprint density at radius 3 is 2.08 bits per heavy atom. The van der Waals surface area contributed by atoms with E-state index in [0.717, 1.165) is 35.1 Å². The number of sulfonamides is 1. The fourth-order valence-electron chi connectivity index (χ4n) is 4.59. The monoisotopic (exact) mass is 563 g/mol. The number of carbonyl (C=O) groups is 2. The van der Waals surface area contributed by atoms with Gasteiger partial charge in [-0.15, -0.1) is 0 Å². The summed E-state index contributed by atoms with van der Waals surface area (Å²) in [5, 5.41) is 2.96. The van der Waals surface area contributed by atoms with Gasteiger partial charge in [-0.05, 0) is 68.5 Å². The fourth-order valence-corrected chi connectivity index (χ4v) is 6.07. The second-order valence-corrected chi connectivity index (χ2v) is 12.0. The number of aryl methyl sites for hydroxylation is 3. The van der Waals surface area contributed by atoms with Crippen LogP contribution in [0.4, 0.5) is 5.69 Å². The quantitative estimate of drug-likeness (QED) is 0.277. The number of benzene rings is 3. The molecule has 3 rings (SSSR count). The van der Waals surface area contributed by atoms with Crippen LogP contribution in [0.15, 0.2) is 77.7 Å². The van der Waals surface area contributed by atoms with Crippen LogP contribution in [-0.2, 0) is 26.2 Å². The molecule has 0 fully saturated rings. The molecule has 0 bridgehead atoms. The largest absolute Gasteiger partial charge is 0.354 e. The maximum atomic E-state index is 14.2. The van der Waals surface area contributed by atoms with Crippen LogP contribution in [0.3, 0.4) is 0 Å². The van der Waals surface area contributed by atoms with E-state index in [1.165, 1.54) is 9.21 Å². The van der Waals surface area contributed by atoms with E-state index >= 15 is 0 Å². The van der Waals surface area contributed by atoms with Gasteiger partial charge in [0.05, 0.1) is 10.6 Å². The van der Waals surface area contributed by atoms with Crippen molar-refractivity contribution in [1.82, 2.24) is 10.2 Å². The second kappa shape index (κ2) is 14.1. The van der Waals surface area contributed by atoms with Gasteiger partial charge in [0.2, 0.25) is 11.8 Å². The zero-order chi connectivity index (χ0) is 29.3. The van der Waals surface area contributed by atoms with Gasteiger partial charge in [-0.25, -0.2) is 8.42 Å². The molecular formula is C32H41N3O4S. The first-order chi connectivity index (χ1) is 19.1. The summed E-state index contributed by atoms with van der Waals surface area (Å²) in [5.74, 6) is -0.679. The molecule has 0 saturated heterocycles. The molecule has 0 radical (unpaired) electrons. The summed E-state index contributed by atoms with van der Waals surface area (Å²) in [6, 6.07) is 20.7. The molecule has 0 spiro atoms. The van der Waals surface area contributed by atoms with Gasteiger partial charge < -0.3 is 10.2 Å². The van der Waals surface area contributed by atoms with E-state index in [1.807, 2.05) is 71.0 Å². The predicted octanol–water partition coefficient (Wildman–Crippen LogP) is 5.53. The Balaban J connectivity index is 2.06. The molecule has 3 aromatic rings. The number of anilines is 1. The lowest BCUT2D eigenvalue weighted by Gasteiger charge is -2.34. The molecule has 0 unspecified atom stereocenters. The minimum absolute atomic E-state index is 0.101. The molecule has 0 heterocycles. The van der Waals surface area contributed by atoms with Crippen LogP contribution >= 0.6 is 0 Å². The standard InChI is InChI=1S/C32H41N3O4S/c1-6-8-21-33-32(37)29(7-2)34(22-27-15-11-9-13-25(27)4)31(36)23-35(30-16-12-10-14-26(30)5)40(38,39)28-19-17-24(3)18-20-28/h9-20,29H,6-8,21-23H2,1-5H3,(H,33,37)/t29-/m1/s1. The number of hydrogen-bond acceptors (Lipinski definition) is 4. The van der Waals surface area contributed by atoms with Crippen molar-refractivity contribution in [1.29, 1.82) is 0 Å². The molecule has 0 saturated carbocycles. The molecule has 40 heavy (non-hydrogen) atoms. The number of carbonyl (C=O) groups excluding carboxylic acids is 2. The Hall–Kier alpha value is -3.65. The van der Waals surface area contributed by atoms with Crippen molar-refractivity contribution in [3.63, 3.8) is 0 Å². The molecule has 214 valence electrons. The summed E-state index contributed by atoms with van der Waals surface area (Å²) in [6.07, 6.45) is 2.17. The summed E-state index contributed by atoms with van der Waals surface area (Å²) in [7, 11) is -4.09. The molecule has 3 aromatic carbocycles. The van der Waals surface area contributed by atoms with Crippen molar-refractivity contribution in [3.8, 4) is 0 Å². The highest BCUT2D eigenvalue weighted by molar-refractivity contribution is 7.92. The first-order valence-electron chi connectivity index (χ1n) is 13.9. The number of hydrogen-bond donors (Lipinski definition) is 1. The highest BCUT2D eigenvalue weighted by atomic mass is 32.2. The molecule has 1 atom stereocenters. The number of nitrogens with zero attached hydrogens (tertiary/aromatic N) is 2. The summed E-state index contributed by atoms with van der Waals surface area (Å²) < 4.78 is 29.1. The Bertz CT molecular complexity index is 1400. The fraction of sp³-hybridized carbons (Fsp3) is 0.375. The summed E-state index contributed by atoms with van der Waals surface area (Å²) >= 11 is 0. The minimum Gasteiger partial charge on any atom is -0.354 e. The van der Waals surface area contributed by atoms with Crippen LogP contribution < -0.4 is 9.62 Å². The SMILES string of the molecule is CCCCNC(=O)[C@@H](CC)N(Cc1ccccc1C)C(=O)CN(c1ccccc1C)S(=O)(=O)c1ccc(C)cc1. The van der Waals surface area contributed by atoms with E-state index in [4.69, 9.17) is 0 Å². The Morgan fingerprint density at radius 2 is 1.48 bits per heavy atom. The third-order valence-electron chi connectivity index (χ3n) is 7.09. The van der Waals surface area contributed by atoms with Crippen molar-refractivity contribution in [2.45, 2.75) is 71.4 Å². The number of rotatable bonds is 13. The van der Waals surface area contributed by atoms with Gasteiger partial charge in [-0.3, -0.25) is 13.9 Å². The lowest BCUT2D eigenvalue weighted by atomic mass is 10.1. The average Bonchev–Trinajstić information content (AvgIpc) is 2.93. The topological polar surface area (TPSA) is 86.8 Å². The number of nitrogens with one attached hydrogen (secondary N) is 1. The first-order valence-corrected chi connectivity index (χ1v) is 15.3. The van der Waals surface area contributed by atoms with Crippen molar-refractivity contribution in [3.05, 3.63) is 95.1 Å². The Labute approximate surface area is 239 Å². The van der Waals surface area contributed by atoms with E-state index in [0.29, 0.717) is 18.7 Å². The van der Waals surface area contributed by atoms with Crippen molar-refractivity contribution < 1.29 is 18.0 Å². The zero-order valence-electron chi connectivity index (χ0n) is 24.2. The third-order valence-corrected chi connectivity index (χ3v) is 8.86. The zero-order valence-corrected chi connectivity index (χ0v) is 25.0. The lowest BCUT2D eigenvalue weighted by Crippen LogP contribution is -2.52. The van der Waals surface area contributed by atoms with E-state index < -0.39 is 28.5 Å². The van der Waals surface area contributed by atoms with Crippen LogP contribution in [0, 0.1) is 20.8 Å². The molecular weight excluding hydrogens is 522 g/mol. The molecule has 0 aromatic heterocycles. The smallest absolute Gasteiger partial charge is 0.264 e. The van der Waals surface area contributed by atoms with E-state index in [9.17, 15) is 18.0 Å². The van der Waals surface area contributed by atoms with Gasteiger partial charge in [-0.1, -0.05) is 80.4 Å². The summed E-state index contributed by atoms with van der Waals surface area (Å²) in [4.78, 5) is 29.1.